The third-order valence-electron chi connectivity index (χ3n) is 5.43. The minimum absolute atomic E-state index is 0.269. The van der Waals surface area contributed by atoms with Gasteiger partial charge in [-0.1, -0.05) is 35.9 Å². The number of nitrogens with one attached hydrogen (secondary N) is 1. The Labute approximate surface area is 220 Å². The Morgan fingerprint density at radius 3 is 2.44 bits per heavy atom. The molecular weight excluding hydrogens is 501 g/mol. The Hall–Kier alpha value is -2.90. The van der Waals surface area contributed by atoms with Gasteiger partial charge in [0, 0.05) is 16.6 Å². The van der Waals surface area contributed by atoms with Gasteiger partial charge >= 0.3 is 12.1 Å². The first-order chi connectivity index (χ1) is 17.1. The van der Waals surface area contributed by atoms with Crippen molar-refractivity contribution >= 4 is 35.0 Å². The summed E-state index contributed by atoms with van der Waals surface area (Å²) in [7, 11) is 0. The Morgan fingerprint density at radius 1 is 1.11 bits per heavy atom. The zero-order chi connectivity index (χ0) is 26.3. The van der Waals surface area contributed by atoms with Crippen LogP contribution in [-0.4, -0.2) is 30.3 Å². The van der Waals surface area contributed by atoms with E-state index in [0.717, 1.165) is 11.1 Å². The molecule has 0 saturated heterocycles. The van der Waals surface area contributed by atoms with E-state index in [1.807, 2.05) is 41.1 Å². The highest BCUT2D eigenvalue weighted by Gasteiger charge is 2.29. The molecule has 8 heteroatoms. The smallest absolute Gasteiger partial charge is 0.407 e. The highest BCUT2D eigenvalue weighted by Crippen LogP contribution is 2.29. The van der Waals surface area contributed by atoms with E-state index in [2.05, 4.69) is 5.32 Å². The lowest BCUT2D eigenvalue weighted by molar-refractivity contribution is -0.145. The molecule has 1 N–H and O–H groups in total. The zero-order valence-electron chi connectivity index (χ0n) is 20.8. The number of benzene rings is 2. The summed E-state index contributed by atoms with van der Waals surface area (Å²) in [5.74, 6) is -1.22. The second-order valence-electron chi connectivity index (χ2n) is 9.47. The number of amides is 1. The monoisotopic (exact) mass is 531 g/mol. The van der Waals surface area contributed by atoms with E-state index in [-0.39, 0.29) is 18.4 Å². The molecule has 1 amide bonds. The first kappa shape index (κ1) is 27.7. The average Bonchev–Trinajstić information content (AvgIpc) is 3.33. The van der Waals surface area contributed by atoms with Crippen molar-refractivity contribution in [2.45, 2.75) is 58.1 Å². The molecule has 1 aromatic heterocycles. The number of ether oxygens (including phenoxy) is 2. The van der Waals surface area contributed by atoms with Gasteiger partial charge in [-0.3, -0.25) is 4.79 Å². The minimum Gasteiger partial charge on any atom is -0.466 e. The molecule has 0 fully saturated rings. The highest BCUT2D eigenvalue weighted by atomic mass is 35.5. The molecule has 0 aliphatic heterocycles. The molecule has 2 aromatic carbocycles. The lowest BCUT2D eigenvalue weighted by atomic mass is 9.90. The molecule has 0 aliphatic carbocycles. The largest absolute Gasteiger partial charge is 0.466 e. The molecule has 1 heterocycles. The van der Waals surface area contributed by atoms with Gasteiger partial charge in [0.1, 0.15) is 11.4 Å². The Kier molecular flexibility index (Phi) is 9.51. The third-order valence-corrected chi connectivity index (χ3v) is 6.37. The van der Waals surface area contributed by atoms with Gasteiger partial charge < -0.3 is 14.8 Å². The van der Waals surface area contributed by atoms with Crippen LogP contribution in [-0.2, 0) is 20.7 Å². The maximum atomic E-state index is 14.3. The second kappa shape index (κ2) is 12.4. The summed E-state index contributed by atoms with van der Waals surface area (Å²) in [4.78, 5) is 25.4. The standard InChI is InChI=1S/C28H31ClFNO4S/c1-5-34-26(32)24(20-12-13-36-17-20)16-22(31-27(33)35-28(2,3)4)14-18-6-8-19(9-7-18)23-15-21(29)10-11-25(23)30/h6-13,15,17,22,24H,5,14,16H2,1-4H3,(H,31,33). The fourth-order valence-corrected chi connectivity index (χ4v) is 4.75. The molecule has 0 radical (unpaired) electrons. The third kappa shape index (κ3) is 8.07. The van der Waals surface area contributed by atoms with Gasteiger partial charge in [0.2, 0.25) is 0 Å². The van der Waals surface area contributed by atoms with Crippen molar-refractivity contribution in [1.82, 2.24) is 5.32 Å². The predicted molar refractivity (Wildman–Crippen MR) is 142 cm³/mol. The number of alkyl carbamates (subject to hydrolysis) is 1. The quantitative estimate of drug-likeness (QED) is 0.292. The molecule has 3 rings (SSSR count). The predicted octanol–water partition coefficient (Wildman–Crippen LogP) is 7.38. The number of esters is 1. The first-order valence-corrected chi connectivity index (χ1v) is 13.1. The van der Waals surface area contributed by atoms with Crippen LogP contribution in [0.4, 0.5) is 9.18 Å². The van der Waals surface area contributed by atoms with E-state index in [1.54, 1.807) is 33.8 Å². The SMILES string of the molecule is CCOC(=O)C(CC(Cc1ccc(-c2cc(Cl)ccc2F)cc1)NC(=O)OC(C)(C)C)c1ccsc1. The van der Waals surface area contributed by atoms with E-state index in [9.17, 15) is 14.0 Å². The van der Waals surface area contributed by atoms with Gasteiger partial charge in [0.25, 0.3) is 0 Å². The molecule has 0 bridgehead atoms. The van der Waals surface area contributed by atoms with Crippen LogP contribution in [0.5, 0.6) is 0 Å². The topological polar surface area (TPSA) is 64.6 Å². The summed E-state index contributed by atoms with van der Waals surface area (Å²) >= 11 is 7.54. The molecular formula is C28H31ClFNO4S. The Balaban J connectivity index is 1.84. The van der Waals surface area contributed by atoms with Crippen molar-refractivity contribution in [3.8, 4) is 11.1 Å². The van der Waals surface area contributed by atoms with E-state index in [1.165, 1.54) is 23.5 Å². The normalized spacial score (nSPS) is 13.1. The van der Waals surface area contributed by atoms with Crippen LogP contribution in [0.15, 0.2) is 59.3 Å². The average molecular weight is 532 g/mol. The Bertz CT molecular complexity index is 1160. The van der Waals surface area contributed by atoms with Gasteiger partial charge in [0.15, 0.2) is 0 Å². The molecule has 5 nitrogen and oxygen atoms in total. The van der Waals surface area contributed by atoms with Gasteiger partial charge in [-0.2, -0.15) is 11.3 Å². The number of halogens is 2. The van der Waals surface area contributed by atoms with Crippen molar-refractivity contribution in [2.75, 3.05) is 6.61 Å². The summed E-state index contributed by atoms with van der Waals surface area (Å²) in [5.41, 5.74) is 2.21. The van der Waals surface area contributed by atoms with Gasteiger partial charge in [0.05, 0.1) is 12.5 Å². The summed E-state index contributed by atoms with van der Waals surface area (Å²) in [6.07, 6.45) is 0.218. The maximum Gasteiger partial charge on any atom is 0.407 e. The Morgan fingerprint density at radius 2 is 1.83 bits per heavy atom. The van der Waals surface area contributed by atoms with Crippen LogP contribution in [0.2, 0.25) is 5.02 Å². The fraction of sp³-hybridized carbons (Fsp3) is 0.357. The molecule has 192 valence electrons. The van der Waals surface area contributed by atoms with Crippen molar-refractivity contribution in [2.24, 2.45) is 0 Å². The van der Waals surface area contributed by atoms with Crippen molar-refractivity contribution in [1.29, 1.82) is 0 Å². The number of thiophene rings is 1. The lowest BCUT2D eigenvalue weighted by Crippen LogP contribution is -2.41. The van der Waals surface area contributed by atoms with Crippen LogP contribution in [0, 0.1) is 5.82 Å². The van der Waals surface area contributed by atoms with E-state index in [4.69, 9.17) is 21.1 Å². The summed E-state index contributed by atoms with van der Waals surface area (Å²) < 4.78 is 25.1. The van der Waals surface area contributed by atoms with Crippen LogP contribution in [0.25, 0.3) is 11.1 Å². The van der Waals surface area contributed by atoms with Gasteiger partial charge in [-0.15, -0.1) is 0 Å². The second-order valence-corrected chi connectivity index (χ2v) is 10.7. The van der Waals surface area contributed by atoms with Gasteiger partial charge in [-0.25, -0.2) is 9.18 Å². The summed E-state index contributed by atoms with van der Waals surface area (Å²) in [6.45, 7) is 7.42. The van der Waals surface area contributed by atoms with Crippen LogP contribution in [0.1, 0.15) is 51.2 Å². The van der Waals surface area contributed by atoms with E-state index in [0.29, 0.717) is 29.0 Å². The van der Waals surface area contributed by atoms with Crippen LogP contribution in [0.3, 0.4) is 0 Å². The number of rotatable bonds is 9. The molecule has 2 atom stereocenters. The zero-order valence-corrected chi connectivity index (χ0v) is 22.4. The summed E-state index contributed by atoms with van der Waals surface area (Å²) in [6, 6.07) is 13.3. The summed E-state index contributed by atoms with van der Waals surface area (Å²) in [5, 5.41) is 7.21. The highest BCUT2D eigenvalue weighted by molar-refractivity contribution is 7.08. The van der Waals surface area contributed by atoms with E-state index >= 15 is 0 Å². The number of carbonyl (C=O) groups excluding carboxylic acids is 2. The van der Waals surface area contributed by atoms with Crippen LogP contribution >= 0.6 is 22.9 Å². The fourth-order valence-electron chi connectivity index (χ4n) is 3.86. The molecule has 0 saturated carbocycles. The van der Waals surface area contributed by atoms with Crippen molar-refractivity contribution < 1.29 is 23.5 Å². The first-order valence-electron chi connectivity index (χ1n) is 11.8. The maximum absolute atomic E-state index is 14.3. The number of hydrogen-bond donors (Lipinski definition) is 1. The lowest BCUT2D eigenvalue weighted by Gasteiger charge is -2.26. The molecule has 0 aliphatic rings. The molecule has 3 aromatic rings. The number of hydrogen-bond acceptors (Lipinski definition) is 5. The van der Waals surface area contributed by atoms with Crippen molar-refractivity contribution in [3.05, 3.63) is 81.3 Å². The van der Waals surface area contributed by atoms with Crippen LogP contribution < -0.4 is 5.32 Å². The van der Waals surface area contributed by atoms with E-state index < -0.39 is 23.7 Å². The van der Waals surface area contributed by atoms with Crippen molar-refractivity contribution in [3.63, 3.8) is 0 Å². The number of carbonyl (C=O) groups is 2. The minimum atomic E-state index is -0.661. The van der Waals surface area contributed by atoms with Gasteiger partial charge in [-0.05, 0) is 92.3 Å². The molecule has 0 spiro atoms. The molecule has 2 unspecified atom stereocenters. The molecule has 36 heavy (non-hydrogen) atoms.